The molecule has 0 heterocycles. The molecule has 2 aromatic rings. The van der Waals surface area contributed by atoms with Gasteiger partial charge in [-0.1, -0.05) is 22.0 Å². The quantitative estimate of drug-likeness (QED) is 0.713. The zero-order valence-corrected chi connectivity index (χ0v) is 16.2. The second-order valence-electron chi connectivity index (χ2n) is 5.03. The van der Waals surface area contributed by atoms with E-state index in [-0.39, 0.29) is 5.91 Å². The molecule has 0 bridgehead atoms. The van der Waals surface area contributed by atoms with Crippen LogP contribution in [0.1, 0.15) is 12.5 Å². The van der Waals surface area contributed by atoms with Gasteiger partial charge in [0, 0.05) is 4.47 Å². The lowest BCUT2D eigenvalue weighted by Crippen LogP contribution is -2.30. The van der Waals surface area contributed by atoms with Crippen LogP contribution in [0.2, 0.25) is 0 Å². The van der Waals surface area contributed by atoms with Gasteiger partial charge in [0.1, 0.15) is 11.5 Å². The van der Waals surface area contributed by atoms with Crippen molar-refractivity contribution < 1.29 is 14.3 Å². The van der Waals surface area contributed by atoms with Crippen molar-refractivity contribution in [1.29, 1.82) is 0 Å². The zero-order chi connectivity index (χ0) is 17.0. The number of nitrogens with one attached hydrogen (secondary N) is 1. The van der Waals surface area contributed by atoms with Crippen molar-refractivity contribution >= 4 is 43.5 Å². The number of anilines is 1. The molecule has 1 amide bonds. The maximum absolute atomic E-state index is 12.4. The summed E-state index contributed by atoms with van der Waals surface area (Å²) < 4.78 is 12.7. The highest BCUT2D eigenvalue weighted by Crippen LogP contribution is 2.29. The zero-order valence-electron chi connectivity index (χ0n) is 13.0. The van der Waals surface area contributed by atoms with Crippen LogP contribution in [-0.2, 0) is 4.79 Å². The van der Waals surface area contributed by atoms with Crippen LogP contribution in [0.15, 0.2) is 45.3 Å². The average Bonchev–Trinajstić information content (AvgIpc) is 2.50. The third kappa shape index (κ3) is 4.72. The van der Waals surface area contributed by atoms with Gasteiger partial charge in [0.25, 0.3) is 5.91 Å². The molecule has 2 aromatic carbocycles. The molecule has 1 unspecified atom stereocenters. The van der Waals surface area contributed by atoms with Gasteiger partial charge < -0.3 is 14.8 Å². The number of aryl methyl sites for hydroxylation is 1. The molecule has 0 fully saturated rings. The van der Waals surface area contributed by atoms with E-state index in [1.165, 1.54) is 0 Å². The van der Waals surface area contributed by atoms with Gasteiger partial charge in [0.05, 0.1) is 17.3 Å². The minimum Gasteiger partial charge on any atom is -0.495 e. The first-order valence-corrected chi connectivity index (χ1v) is 8.56. The fraction of sp³-hybridized carbons (Fsp3) is 0.235. The predicted octanol–water partition coefficient (Wildman–Crippen LogP) is 4.93. The van der Waals surface area contributed by atoms with Gasteiger partial charge in [0.2, 0.25) is 0 Å². The smallest absolute Gasteiger partial charge is 0.265 e. The molecule has 0 radical (unpaired) electrons. The maximum Gasteiger partial charge on any atom is 0.265 e. The minimum atomic E-state index is -0.655. The fourth-order valence-corrected chi connectivity index (χ4v) is 3.11. The number of benzene rings is 2. The largest absolute Gasteiger partial charge is 0.495 e. The molecule has 4 nitrogen and oxygen atoms in total. The maximum atomic E-state index is 12.4. The van der Waals surface area contributed by atoms with E-state index in [1.807, 2.05) is 37.3 Å². The SMILES string of the molecule is COc1ccc(C)cc1NC(=O)C(C)Oc1ccc(Br)cc1Br. The fourth-order valence-electron chi connectivity index (χ4n) is 1.97. The van der Waals surface area contributed by atoms with E-state index in [2.05, 4.69) is 37.2 Å². The summed E-state index contributed by atoms with van der Waals surface area (Å²) >= 11 is 6.80. The minimum absolute atomic E-state index is 0.247. The third-order valence-corrected chi connectivity index (χ3v) is 4.29. The number of halogens is 2. The standard InChI is InChI=1S/C17H17Br2NO3/c1-10-4-6-16(22-3)14(8-10)20-17(21)11(2)23-15-7-5-12(18)9-13(15)19/h4-9,11H,1-3H3,(H,20,21). The Hall–Kier alpha value is -1.53. The summed E-state index contributed by atoms with van der Waals surface area (Å²) in [5.41, 5.74) is 1.66. The molecule has 1 N–H and O–H groups in total. The molecule has 0 aliphatic heterocycles. The van der Waals surface area contributed by atoms with Crippen molar-refractivity contribution in [1.82, 2.24) is 0 Å². The summed E-state index contributed by atoms with van der Waals surface area (Å²) in [4.78, 5) is 12.4. The molecule has 0 aliphatic rings. The molecule has 0 saturated carbocycles. The summed E-state index contributed by atoms with van der Waals surface area (Å²) in [5, 5.41) is 2.84. The summed E-state index contributed by atoms with van der Waals surface area (Å²) in [6, 6.07) is 11.1. The van der Waals surface area contributed by atoms with E-state index < -0.39 is 6.10 Å². The Bertz CT molecular complexity index is 719. The third-order valence-electron chi connectivity index (χ3n) is 3.18. The number of carbonyl (C=O) groups is 1. The highest BCUT2D eigenvalue weighted by atomic mass is 79.9. The average molecular weight is 443 g/mol. The summed E-state index contributed by atoms with van der Waals surface area (Å²) in [7, 11) is 1.57. The Labute approximate surface area is 152 Å². The second-order valence-corrected chi connectivity index (χ2v) is 6.80. The van der Waals surface area contributed by atoms with Crippen LogP contribution >= 0.6 is 31.9 Å². The van der Waals surface area contributed by atoms with E-state index >= 15 is 0 Å². The van der Waals surface area contributed by atoms with Crippen molar-refractivity contribution in [3.05, 3.63) is 50.9 Å². The Morgan fingerprint density at radius 2 is 1.83 bits per heavy atom. The molecule has 6 heteroatoms. The Balaban J connectivity index is 2.10. The lowest BCUT2D eigenvalue weighted by Gasteiger charge is -2.17. The van der Waals surface area contributed by atoms with Gasteiger partial charge in [-0.05, 0) is 65.7 Å². The number of amides is 1. The number of hydrogen-bond donors (Lipinski definition) is 1. The predicted molar refractivity (Wildman–Crippen MR) is 98.3 cm³/mol. The van der Waals surface area contributed by atoms with Gasteiger partial charge in [-0.3, -0.25) is 4.79 Å². The van der Waals surface area contributed by atoms with Gasteiger partial charge >= 0.3 is 0 Å². The molecule has 23 heavy (non-hydrogen) atoms. The lowest BCUT2D eigenvalue weighted by molar-refractivity contribution is -0.122. The molecule has 2 rings (SSSR count). The van der Waals surface area contributed by atoms with Gasteiger partial charge in [-0.25, -0.2) is 0 Å². The first-order chi connectivity index (χ1) is 10.9. The number of ether oxygens (including phenoxy) is 2. The molecule has 0 aliphatic carbocycles. The van der Waals surface area contributed by atoms with E-state index in [0.29, 0.717) is 17.2 Å². The summed E-state index contributed by atoms with van der Waals surface area (Å²) in [5.74, 6) is 0.969. The Kier molecular flexibility index (Phi) is 6.07. The van der Waals surface area contributed by atoms with Crippen LogP contribution in [-0.4, -0.2) is 19.1 Å². The van der Waals surface area contributed by atoms with Gasteiger partial charge in [0.15, 0.2) is 6.10 Å². The molecular weight excluding hydrogens is 426 g/mol. The molecular formula is C17H17Br2NO3. The molecule has 0 aromatic heterocycles. The van der Waals surface area contributed by atoms with E-state index in [9.17, 15) is 4.79 Å². The summed E-state index contributed by atoms with van der Waals surface area (Å²) in [6.45, 7) is 3.65. The van der Waals surface area contributed by atoms with Crippen LogP contribution in [0.3, 0.4) is 0 Å². The highest BCUT2D eigenvalue weighted by Gasteiger charge is 2.18. The van der Waals surface area contributed by atoms with Crippen LogP contribution in [0.4, 0.5) is 5.69 Å². The van der Waals surface area contributed by atoms with Crippen molar-refractivity contribution in [3.8, 4) is 11.5 Å². The molecule has 0 saturated heterocycles. The van der Waals surface area contributed by atoms with Crippen molar-refractivity contribution in [3.63, 3.8) is 0 Å². The van der Waals surface area contributed by atoms with Gasteiger partial charge in [-0.2, -0.15) is 0 Å². The van der Waals surface area contributed by atoms with Gasteiger partial charge in [-0.15, -0.1) is 0 Å². The molecule has 1 atom stereocenters. The van der Waals surface area contributed by atoms with Crippen molar-refractivity contribution in [2.45, 2.75) is 20.0 Å². The number of hydrogen-bond acceptors (Lipinski definition) is 3. The van der Waals surface area contributed by atoms with Crippen molar-refractivity contribution in [2.24, 2.45) is 0 Å². The number of carbonyl (C=O) groups excluding carboxylic acids is 1. The van der Waals surface area contributed by atoms with E-state index in [4.69, 9.17) is 9.47 Å². The van der Waals surface area contributed by atoms with E-state index in [0.717, 1.165) is 14.5 Å². The monoisotopic (exact) mass is 441 g/mol. The topological polar surface area (TPSA) is 47.6 Å². The lowest BCUT2D eigenvalue weighted by atomic mass is 10.2. The Morgan fingerprint density at radius 1 is 1.13 bits per heavy atom. The molecule has 122 valence electrons. The number of methoxy groups -OCH3 is 1. The number of rotatable bonds is 5. The van der Waals surface area contributed by atoms with Crippen LogP contribution in [0, 0.1) is 6.92 Å². The highest BCUT2D eigenvalue weighted by molar-refractivity contribution is 9.11. The second kappa shape index (κ2) is 7.84. The summed E-state index contributed by atoms with van der Waals surface area (Å²) in [6.07, 6.45) is -0.655. The van der Waals surface area contributed by atoms with E-state index in [1.54, 1.807) is 20.1 Å². The Morgan fingerprint density at radius 3 is 2.48 bits per heavy atom. The van der Waals surface area contributed by atoms with Crippen LogP contribution < -0.4 is 14.8 Å². The van der Waals surface area contributed by atoms with Crippen LogP contribution in [0.5, 0.6) is 11.5 Å². The van der Waals surface area contributed by atoms with Crippen molar-refractivity contribution in [2.75, 3.05) is 12.4 Å². The normalized spacial score (nSPS) is 11.7. The first-order valence-electron chi connectivity index (χ1n) is 6.98. The first kappa shape index (κ1) is 17.8. The molecule has 0 spiro atoms. The van der Waals surface area contributed by atoms with Crippen LogP contribution in [0.25, 0.3) is 0 Å².